The van der Waals surface area contributed by atoms with Crippen LogP contribution in [0.3, 0.4) is 0 Å². The number of sulfonamides is 1. The van der Waals surface area contributed by atoms with Crippen LogP contribution in [0, 0.1) is 5.92 Å². The van der Waals surface area contributed by atoms with E-state index in [1.54, 1.807) is 13.8 Å². The van der Waals surface area contributed by atoms with Gasteiger partial charge >= 0.3 is 11.7 Å². The van der Waals surface area contributed by atoms with Crippen LogP contribution in [0.4, 0.5) is 0 Å². The third kappa shape index (κ3) is 3.94. The molecule has 0 amide bonds. The van der Waals surface area contributed by atoms with Crippen LogP contribution < -0.4 is 16.0 Å². The Kier molecular flexibility index (Phi) is 5.09. The molecule has 10 nitrogen and oxygen atoms in total. The zero-order valence-corrected chi connectivity index (χ0v) is 14.6. The third-order valence-corrected chi connectivity index (χ3v) is 4.98. The molecule has 1 unspecified atom stereocenters. The van der Waals surface area contributed by atoms with E-state index in [1.807, 2.05) is 4.98 Å². The van der Waals surface area contributed by atoms with Gasteiger partial charge in [-0.1, -0.05) is 13.8 Å². The maximum absolute atomic E-state index is 12.4. The average molecular weight is 370 g/mol. The lowest BCUT2D eigenvalue weighted by Crippen LogP contribution is -2.41. The zero-order valence-electron chi connectivity index (χ0n) is 13.8. The van der Waals surface area contributed by atoms with Crippen LogP contribution in [0.15, 0.2) is 26.7 Å². The molecule has 0 saturated carbocycles. The van der Waals surface area contributed by atoms with Crippen molar-refractivity contribution in [2.45, 2.75) is 31.2 Å². The molecular formula is C14H18N4O6S. The van der Waals surface area contributed by atoms with Gasteiger partial charge in [0, 0.05) is 13.2 Å². The fraction of sp³-hybridized carbons (Fsp3) is 0.429. The number of fused-ring (bicyclic) bond motifs is 1. The minimum absolute atomic E-state index is 0.0182. The van der Waals surface area contributed by atoms with Crippen molar-refractivity contribution in [2.75, 3.05) is 0 Å². The second-order valence-corrected chi connectivity index (χ2v) is 7.72. The molecular weight excluding hydrogens is 352 g/mol. The van der Waals surface area contributed by atoms with Crippen molar-refractivity contribution >= 4 is 27.0 Å². The number of aromatic amines is 1. The molecule has 1 atom stereocenters. The zero-order chi connectivity index (χ0) is 18.9. The first-order valence-corrected chi connectivity index (χ1v) is 8.85. The van der Waals surface area contributed by atoms with Crippen molar-refractivity contribution in [3.8, 4) is 0 Å². The minimum Gasteiger partial charge on any atom is -0.480 e. The van der Waals surface area contributed by atoms with E-state index < -0.39 is 33.3 Å². The van der Waals surface area contributed by atoms with Crippen LogP contribution in [0.2, 0.25) is 0 Å². The molecule has 0 bridgehead atoms. The van der Waals surface area contributed by atoms with E-state index in [0.717, 1.165) is 16.8 Å². The molecule has 0 radical (unpaired) electrons. The number of carbonyl (C=O) groups is 1. The molecule has 0 saturated heterocycles. The van der Waals surface area contributed by atoms with Crippen molar-refractivity contribution in [1.29, 1.82) is 0 Å². The summed E-state index contributed by atoms with van der Waals surface area (Å²) in [6, 6.07) is -0.254. The Labute approximate surface area is 142 Å². The van der Waals surface area contributed by atoms with Crippen LogP contribution in [-0.4, -0.2) is 40.1 Å². The van der Waals surface area contributed by atoms with Gasteiger partial charge in [-0.2, -0.15) is 4.72 Å². The lowest BCUT2D eigenvalue weighted by atomic mass is 10.1. The van der Waals surface area contributed by atoms with Crippen LogP contribution >= 0.6 is 0 Å². The molecule has 0 aliphatic rings. The van der Waals surface area contributed by atoms with Gasteiger partial charge in [0.1, 0.15) is 16.6 Å². The Balaban J connectivity index is 2.51. The van der Waals surface area contributed by atoms with Crippen molar-refractivity contribution in [1.82, 2.24) is 19.3 Å². The second-order valence-electron chi connectivity index (χ2n) is 6.00. The number of nitrogens with one attached hydrogen (secondary N) is 2. The summed E-state index contributed by atoms with van der Waals surface area (Å²) in [6.07, 6.45) is 1.07. The average Bonchev–Trinajstić information content (AvgIpc) is 2.51. The molecule has 0 fully saturated rings. The van der Waals surface area contributed by atoms with Gasteiger partial charge in [0.05, 0.1) is 5.39 Å². The van der Waals surface area contributed by atoms with Gasteiger partial charge in [0.25, 0.3) is 5.56 Å². The van der Waals surface area contributed by atoms with Crippen molar-refractivity contribution in [3.63, 3.8) is 0 Å². The first-order chi connectivity index (χ1) is 11.5. The summed E-state index contributed by atoms with van der Waals surface area (Å²) in [6.45, 7) is 3.53. The number of hydrogen-bond donors (Lipinski definition) is 3. The topological polar surface area (TPSA) is 151 Å². The quantitative estimate of drug-likeness (QED) is 0.614. The Bertz CT molecular complexity index is 1040. The number of H-pyrrole nitrogens is 1. The number of aliphatic carboxylic acids is 1. The van der Waals surface area contributed by atoms with E-state index in [2.05, 4.69) is 9.71 Å². The largest absolute Gasteiger partial charge is 0.480 e. The smallest absolute Gasteiger partial charge is 0.329 e. The van der Waals surface area contributed by atoms with Crippen molar-refractivity contribution in [3.05, 3.63) is 33.1 Å². The van der Waals surface area contributed by atoms with Crippen LogP contribution in [-0.2, 0) is 21.9 Å². The van der Waals surface area contributed by atoms with Gasteiger partial charge in [-0.25, -0.2) is 18.2 Å². The molecule has 2 aromatic rings. The highest BCUT2D eigenvalue weighted by Crippen LogP contribution is 2.14. The summed E-state index contributed by atoms with van der Waals surface area (Å²) in [4.78, 5) is 40.2. The van der Waals surface area contributed by atoms with Gasteiger partial charge in [0.2, 0.25) is 10.0 Å². The molecule has 0 aromatic carbocycles. The van der Waals surface area contributed by atoms with Gasteiger partial charge in [-0.15, -0.1) is 0 Å². The number of rotatable bonds is 6. The highest BCUT2D eigenvalue weighted by molar-refractivity contribution is 7.89. The van der Waals surface area contributed by atoms with E-state index in [4.69, 9.17) is 0 Å². The van der Waals surface area contributed by atoms with Crippen molar-refractivity contribution in [2.24, 2.45) is 13.0 Å². The summed E-state index contributed by atoms with van der Waals surface area (Å²) < 4.78 is 28.1. The fourth-order valence-corrected chi connectivity index (χ4v) is 3.46. The molecule has 0 spiro atoms. The highest BCUT2D eigenvalue weighted by Gasteiger charge is 2.27. The molecule has 25 heavy (non-hydrogen) atoms. The lowest BCUT2D eigenvalue weighted by Gasteiger charge is -2.16. The summed E-state index contributed by atoms with van der Waals surface area (Å²) in [5.41, 5.74) is -1.44. The number of carboxylic acids is 1. The Morgan fingerprint density at radius 2 is 2.04 bits per heavy atom. The maximum Gasteiger partial charge on any atom is 0.329 e. The molecule has 136 valence electrons. The summed E-state index contributed by atoms with van der Waals surface area (Å²) >= 11 is 0. The number of nitrogens with zero attached hydrogens (tertiary/aromatic N) is 2. The first-order valence-electron chi connectivity index (χ1n) is 7.37. The predicted molar refractivity (Wildman–Crippen MR) is 88.8 cm³/mol. The maximum atomic E-state index is 12.4. The summed E-state index contributed by atoms with van der Waals surface area (Å²) in [5.74, 6) is -1.35. The normalized spacial score (nSPS) is 13.3. The second kappa shape index (κ2) is 6.76. The Morgan fingerprint density at radius 1 is 1.40 bits per heavy atom. The number of hydrogen-bond acceptors (Lipinski definition) is 6. The Morgan fingerprint density at radius 3 is 2.60 bits per heavy atom. The molecule has 2 heterocycles. The van der Waals surface area contributed by atoms with Gasteiger partial charge < -0.3 is 5.11 Å². The molecule has 0 aliphatic heterocycles. The fourth-order valence-electron chi connectivity index (χ4n) is 2.29. The number of pyridine rings is 1. The van der Waals surface area contributed by atoms with Gasteiger partial charge in [-0.3, -0.25) is 19.1 Å². The lowest BCUT2D eigenvalue weighted by molar-refractivity contribution is -0.139. The highest BCUT2D eigenvalue weighted by atomic mass is 32.2. The van der Waals surface area contributed by atoms with E-state index in [9.17, 15) is 27.9 Å². The monoisotopic (exact) mass is 370 g/mol. The van der Waals surface area contributed by atoms with E-state index in [1.165, 1.54) is 7.05 Å². The molecule has 3 N–H and O–H groups in total. The molecule has 2 rings (SSSR count). The molecule has 0 aliphatic carbocycles. The van der Waals surface area contributed by atoms with E-state index in [-0.39, 0.29) is 28.3 Å². The summed E-state index contributed by atoms with van der Waals surface area (Å²) in [7, 11) is -2.84. The van der Waals surface area contributed by atoms with Crippen molar-refractivity contribution < 1.29 is 18.3 Å². The van der Waals surface area contributed by atoms with Crippen LogP contribution in [0.1, 0.15) is 20.3 Å². The van der Waals surface area contributed by atoms with E-state index >= 15 is 0 Å². The van der Waals surface area contributed by atoms with E-state index in [0.29, 0.717) is 0 Å². The Hall–Kier alpha value is -2.53. The predicted octanol–water partition coefficient (Wildman–Crippen LogP) is -0.601. The van der Waals surface area contributed by atoms with Gasteiger partial charge in [-0.05, 0) is 18.4 Å². The number of carboxylic acid groups (broad SMARTS) is 1. The van der Waals surface area contributed by atoms with Gasteiger partial charge in [0.15, 0.2) is 0 Å². The molecule has 11 heteroatoms. The number of aromatic nitrogens is 3. The minimum atomic E-state index is -4.21. The number of aryl methyl sites for hydroxylation is 1. The van der Waals surface area contributed by atoms with Crippen LogP contribution in [0.25, 0.3) is 11.0 Å². The molecule has 2 aromatic heterocycles. The van der Waals surface area contributed by atoms with Crippen LogP contribution in [0.5, 0.6) is 0 Å². The first kappa shape index (κ1) is 18.8. The standard InChI is InChI=1S/C14H18N4O6S/c1-7(2)4-10(13(20)21)17-25(23,24)8-5-9-11(15-6-8)18(3)14(22)16-12(9)19/h5-7,10,17H,4H2,1-3H3,(H,20,21)(H,16,19,22). The third-order valence-electron chi connectivity index (χ3n) is 3.54. The summed E-state index contributed by atoms with van der Waals surface area (Å²) in [5, 5.41) is 9.08. The SMILES string of the molecule is CC(C)CC(NS(=O)(=O)c1cnc2c(c1)c(=O)[nH]c(=O)n2C)C(=O)O.